The number of ether oxygens (including phenoxy) is 2. The summed E-state index contributed by atoms with van der Waals surface area (Å²) in [6.45, 7) is 3.87. The van der Waals surface area contributed by atoms with E-state index in [1.807, 2.05) is 19.9 Å². The second-order valence-electron chi connectivity index (χ2n) is 7.24. The van der Waals surface area contributed by atoms with Gasteiger partial charge in [0, 0.05) is 12.1 Å². The molecule has 4 nitrogen and oxygen atoms in total. The van der Waals surface area contributed by atoms with E-state index in [0.717, 1.165) is 5.56 Å². The lowest BCUT2D eigenvalue weighted by Crippen LogP contribution is -2.37. The molecule has 25 heavy (non-hydrogen) atoms. The number of hydrogen-bond acceptors (Lipinski definition) is 3. The molecule has 1 aromatic carbocycles. The van der Waals surface area contributed by atoms with Gasteiger partial charge in [-0.1, -0.05) is 11.6 Å². The molecule has 1 N–H and O–H groups in total. The highest BCUT2D eigenvalue weighted by molar-refractivity contribution is 6.32. The molecule has 2 aliphatic carbocycles. The third kappa shape index (κ3) is 4.91. The second-order valence-corrected chi connectivity index (χ2v) is 7.65. The molecule has 0 saturated heterocycles. The van der Waals surface area contributed by atoms with Crippen LogP contribution in [-0.4, -0.2) is 25.2 Å². The van der Waals surface area contributed by atoms with Crippen molar-refractivity contribution in [2.45, 2.75) is 51.7 Å². The molecule has 0 heterocycles. The van der Waals surface area contributed by atoms with E-state index in [0.29, 0.717) is 34.4 Å². The molecule has 2 aliphatic rings. The van der Waals surface area contributed by atoms with Crippen LogP contribution < -0.4 is 14.8 Å². The molecule has 1 amide bonds. The second kappa shape index (κ2) is 7.69. The van der Waals surface area contributed by atoms with Crippen molar-refractivity contribution in [1.82, 2.24) is 5.32 Å². The van der Waals surface area contributed by atoms with Gasteiger partial charge in [0.1, 0.15) is 0 Å². The van der Waals surface area contributed by atoms with Crippen LogP contribution in [0.25, 0.3) is 6.08 Å². The molecule has 0 atom stereocenters. The topological polar surface area (TPSA) is 47.6 Å². The van der Waals surface area contributed by atoms with Crippen LogP contribution in [0.5, 0.6) is 11.5 Å². The average molecular weight is 364 g/mol. The number of benzene rings is 1. The van der Waals surface area contributed by atoms with E-state index < -0.39 is 0 Å². The minimum atomic E-state index is -0.0404. The summed E-state index contributed by atoms with van der Waals surface area (Å²) in [5.41, 5.74) is 0.808. The zero-order chi connectivity index (χ0) is 18.0. The van der Waals surface area contributed by atoms with Gasteiger partial charge in [0.15, 0.2) is 11.5 Å². The molecular weight excluding hydrogens is 338 g/mol. The maximum absolute atomic E-state index is 12.3. The van der Waals surface area contributed by atoms with Crippen LogP contribution in [0.1, 0.15) is 45.1 Å². The maximum Gasteiger partial charge on any atom is 0.244 e. The molecule has 2 fully saturated rings. The summed E-state index contributed by atoms with van der Waals surface area (Å²) in [5.74, 6) is 2.43. The molecule has 3 rings (SSSR count). The Hall–Kier alpha value is -1.68. The van der Waals surface area contributed by atoms with Gasteiger partial charge in [0.05, 0.1) is 18.2 Å². The molecular formula is C20H26ClNO3. The summed E-state index contributed by atoms with van der Waals surface area (Å²) in [7, 11) is 1.58. The Morgan fingerprint density at radius 2 is 1.88 bits per heavy atom. The number of nitrogens with one attached hydrogen (secondary N) is 1. The van der Waals surface area contributed by atoms with Gasteiger partial charge in [-0.25, -0.2) is 0 Å². The predicted molar refractivity (Wildman–Crippen MR) is 100 cm³/mol. The van der Waals surface area contributed by atoms with Gasteiger partial charge in [-0.05, 0) is 75.1 Å². The number of amides is 1. The summed E-state index contributed by atoms with van der Waals surface area (Å²) in [6.07, 6.45) is 8.32. The Balaban J connectivity index is 1.67. The molecule has 0 aliphatic heterocycles. The maximum atomic E-state index is 12.3. The number of methoxy groups -OCH3 is 1. The van der Waals surface area contributed by atoms with Gasteiger partial charge in [-0.3, -0.25) is 4.79 Å². The zero-order valence-corrected chi connectivity index (χ0v) is 15.8. The van der Waals surface area contributed by atoms with E-state index in [-0.39, 0.29) is 12.0 Å². The molecule has 1 aromatic rings. The molecule has 0 radical (unpaired) electrons. The monoisotopic (exact) mass is 363 g/mol. The number of hydrogen-bond donors (Lipinski definition) is 1. The molecule has 0 bridgehead atoms. The third-order valence-corrected chi connectivity index (χ3v) is 4.88. The van der Waals surface area contributed by atoms with E-state index in [9.17, 15) is 4.79 Å². The first-order valence-corrected chi connectivity index (χ1v) is 9.38. The molecule has 5 heteroatoms. The van der Waals surface area contributed by atoms with Crippen molar-refractivity contribution in [2.24, 2.45) is 11.8 Å². The van der Waals surface area contributed by atoms with Crippen molar-refractivity contribution in [2.75, 3.05) is 7.11 Å². The van der Waals surface area contributed by atoms with Crippen LogP contribution in [0.2, 0.25) is 5.02 Å². The van der Waals surface area contributed by atoms with Crippen LogP contribution >= 0.6 is 11.6 Å². The van der Waals surface area contributed by atoms with E-state index >= 15 is 0 Å². The van der Waals surface area contributed by atoms with Gasteiger partial charge in [-0.2, -0.15) is 0 Å². The molecule has 0 aromatic heterocycles. The summed E-state index contributed by atoms with van der Waals surface area (Å²) < 4.78 is 11.1. The fourth-order valence-corrected chi connectivity index (χ4v) is 3.37. The smallest absolute Gasteiger partial charge is 0.244 e. The lowest BCUT2D eigenvalue weighted by atomic mass is 10.1. The highest BCUT2D eigenvalue weighted by Crippen LogP contribution is 2.44. The van der Waals surface area contributed by atoms with Crippen LogP contribution in [-0.2, 0) is 4.79 Å². The Labute approximate surface area is 154 Å². The Morgan fingerprint density at radius 1 is 1.24 bits per heavy atom. The summed E-state index contributed by atoms with van der Waals surface area (Å²) in [4.78, 5) is 12.3. The van der Waals surface area contributed by atoms with E-state index in [1.54, 1.807) is 25.3 Å². The first-order chi connectivity index (χ1) is 12.0. The minimum absolute atomic E-state index is 0.000325. The fraction of sp³-hybridized carbons (Fsp3) is 0.550. The average Bonchev–Trinajstić information content (AvgIpc) is 3.45. The SMILES string of the molecule is COc1cc(/C=C/C(=O)NC(C2CC2)C2CC2)cc(Cl)c1OC(C)C. The Morgan fingerprint density at radius 3 is 2.40 bits per heavy atom. The van der Waals surface area contributed by atoms with Gasteiger partial charge >= 0.3 is 0 Å². The predicted octanol–water partition coefficient (Wildman–Crippen LogP) is 4.45. The summed E-state index contributed by atoms with van der Waals surface area (Å²) in [5, 5.41) is 3.65. The highest BCUT2D eigenvalue weighted by atomic mass is 35.5. The fourth-order valence-electron chi connectivity index (χ4n) is 3.10. The molecule has 136 valence electrons. The lowest BCUT2D eigenvalue weighted by molar-refractivity contribution is -0.117. The van der Waals surface area contributed by atoms with Gasteiger partial charge in [-0.15, -0.1) is 0 Å². The van der Waals surface area contributed by atoms with Crippen LogP contribution in [0.3, 0.4) is 0 Å². The van der Waals surface area contributed by atoms with Crippen LogP contribution in [0, 0.1) is 11.8 Å². The highest BCUT2D eigenvalue weighted by Gasteiger charge is 2.41. The summed E-state index contributed by atoms with van der Waals surface area (Å²) >= 11 is 6.32. The van der Waals surface area contributed by atoms with Crippen LogP contribution in [0.4, 0.5) is 0 Å². The van der Waals surface area contributed by atoms with Crippen LogP contribution in [0.15, 0.2) is 18.2 Å². The van der Waals surface area contributed by atoms with Crippen molar-refractivity contribution in [1.29, 1.82) is 0 Å². The summed E-state index contributed by atoms with van der Waals surface area (Å²) in [6, 6.07) is 3.97. The molecule has 2 saturated carbocycles. The van der Waals surface area contributed by atoms with E-state index in [2.05, 4.69) is 5.32 Å². The van der Waals surface area contributed by atoms with Crippen molar-refractivity contribution >= 4 is 23.6 Å². The largest absolute Gasteiger partial charge is 0.493 e. The van der Waals surface area contributed by atoms with Crippen molar-refractivity contribution < 1.29 is 14.3 Å². The van der Waals surface area contributed by atoms with Crippen molar-refractivity contribution in [3.05, 3.63) is 28.8 Å². The third-order valence-electron chi connectivity index (χ3n) is 4.60. The van der Waals surface area contributed by atoms with Gasteiger partial charge in [0.2, 0.25) is 5.91 Å². The number of rotatable bonds is 8. The van der Waals surface area contributed by atoms with Gasteiger partial charge < -0.3 is 14.8 Å². The Bertz CT molecular complexity index is 651. The first-order valence-electron chi connectivity index (χ1n) is 9.00. The molecule has 0 unspecified atom stereocenters. The standard InChI is InChI=1S/C20H26ClNO3/c1-12(2)25-20-16(21)10-13(11-17(20)24-3)4-9-18(23)22-19(14-5-6-14)15-7-8-15/h4,9-12,14-15,19H,5-8H2,1-3H3,(H,22,23)/b9-4+. The van der Waals surface area contributed by atoms with Crippen molar-refractivity contribution in [3.8, 4) is 11.5 Å². The van der Waals surface area contributed by atoms with E-state index in [1.165, 1.54) is 25.7 Å². The number of halogens is 1. The normalized spacial score (nSPS) is 17.4. The minimum Gasteiger partial charge on any atom is -0.493 e. The zero-order valence-electron chi connectivity index (χ0n) is 15.0. The lowest BCUT2D eigenvalue weighted by Gasteiger charge is -2.16. The van der Waals surface area contributed by atoms with Crippen molar-refractivity contribution in [3.63, 3.8) is 0 Å². The Kier molecular flexibility index (Phi) is 5.57. The first kappa shape index (κ1) is 18.1. The number of carbonyl (C=O) groups is 1. The quantitative estimate of drug-likeness (QED) is 0.694. The molecule has 0 spiro atoms. The van der Waals surface area contributed by atoms with Gasteiger partial charge in [0.25, 0.3) is 0 Å². The number of carbonyl (C=O) groups excluding carboxylic acids is 1. The van der Waals surface area contributed by atoms with E-state index in [4.69, 9.17) is 21.1 Å².